The van der Waals surface area contributed by atoms with Crippen LogP contribution < -0.4 is 10.2 Å². The van der Waals surface area contributed by atoms with Crippen LogP contribution in [0.5, 0.6) is 0 Å². The zero-order chi connectivity index (χ0) is 18.3. The van der Waals surface area contributed by atoms with E-state index in [-0.39, 0.29) is 5.92 Å². The van der Waals surface area contributed by atoms with Crippen molar-refractivity contribution < 1.29 is 4.79 Å². The smallest absolute Gasteiger partial charge is 0.225 e. The van der Waals surface area contributed by atoms with Gasteiger partial charge in [-0.05, 0) is 33.2 Å². The Morgan fingerprint density at radius 2 is 2.00 bits per heavy atom. The molecule has 2 aliphatic rings. The Hall–Kier alpha value is -2.22. The SMILES string of the molecule is Cc1nc(N2CCN(C(=O)[C@H]3CCN[C@@H](C)C3)CC2)c2cnn(C)c2n1. The fraction of sp³-hybridized carbons (Fsp3) is 0.667. The van der Waals surface area contributed by atoms with Crippen molar-refractivity contribution in [2.45, 2.75) is 32.7 Å². The van der Waals surface area contributed by atoms with Crippen LogP contribution in [0, 0.1) is 12.8 Å². The molecule has 2 atom stereocenters. The van der Waals surface area contributed by atoms with Crippen LogP contribution in [-0.4, -0.2) is 69.3 Å². The molecule has 0 radical (unpaired) electrons. The number of piperazine rings is 1. The standard InChI is InChI=1S/C18H27N7O/c1-12-10-14(4-5-19-12)18(26)25-8-6-24(7-9-25)17-15-11-20-23(3)16(15)21-13(2)22-17/h11-12,14,19H,4-10H2,1-3H3/t12-,14-/m0/s1. The topological polar surface area (TPSA) is 79.2 Å². The first-order valence-electron chi connectivity index (χ1n) is 9.46. The third-order valence-electron chi connectivity index (χ3n) is 5.55. The third-order valence-corrected chi connectivity index (χ3v) is 5.55. The highest BCUT2D eigenvalue weighted by Crippen LogP contribution is 2.25. The number of hydrogen-bond donors (Lipinski definition) is 1. The lowest BCUT2D eigenvalue weighted by atomic mass is 9.92. The van der Waals surface area contributed by atoms with Crippen molar-refractivity contribution in [2.24, 2.45) is 13.0 Å². The first kappa shape index (κ1) is 17.2. The minimum absolute atomic E-state index is 0.170. The highest BCUT2D eigenvalue weighted by Gasteiger charge is 2.31. The molecule has 0 aromatic carbocycles. The second-order valence-corrected chi connectivity index (χ2v) is 7.49. The van der Waals surface area contributed by atoms with Gasteiger partial charge in [0.1, 0.15) is 11.6 Å². The number of rotatable bonds is 2. The number of amides is 1. The van der Waals surface area contributed by atoms with Crippen LogP contribution in [-0.2, 0) is 11.8 Å². The molecular formula is C18H27N7O. The monoisotopic (exact) mass is 357 g/mol. The molecule has 0 bridgehead atoms. The highest BCUT2D eigenvalue weighted by atomic mass is 16.2. The third kappa shape index (κ3) is 3.13. The number of anilines is 1. The van der Waals surface area contributed by atoms with Gasteiger partial charge in [-0.25, -0.2) is 9.97 Å². The molecule has 8 heteroatoms. The van der Waals surface area contributed by atoms with Gasteiger partial charge in [-0.2, -0.15) is 5.10 Å². The van der Waals surface area contributed by atoms with Crippen molar-refractivity contribution in [1.82, 2.24) is 30.0 Å². The van der Waals surface area contributed by atoms with E-state index < -0.39 is 0 Å². The first-order valence-corrected chi connectivity index (χ1v) is 9.46. The van der Waals surface area contributed by atoms with Crippen LogP contribution in [0.3, 0.4) is 0 Å². The number of carbonyl (C=O) groups excluding carboxylic acids is 1. The van der Waals surface area contributed by atoms with E-state index in [2.05, 4.69) is 32.2 Å². The van der Waals surface area contributed by atoms with E-state index in [1.165, 1.54) is 0 Å². The Labute approximate surface area is 153 Å². The molecule has 0 saturated carbocycles. The van der Waals surface area contributed by atoms with Crippen LogP contribution in [0.1, 0.15) is 25.6 Å². The van der Waals surface area contributed by atoms with E-state index >= 15 is 0 Å². The summed E-state index contributed by atoms with van der Waals surface area (Å²) in [6.07, 6.45) is 3.73. The average Bonchev–Trinajstić information content (AvgIpc) is 3.01. The number of carbonyl (C=O) groups is 1. The van der Waals surface area contributed by atoms with Crippen molar-refractivity contribution >= 4 is 22.8 Å². The quantitative estimate of drug-likeness (QED) is 0.853. The molecule has 4 heterocycles. The number of aryl methyl sites for hydroxylation is 2. The summed E-state index contributed by atoms with van der Waals surface area (Å²) in [4.78, 5) is 26.3. The lowest BCUT2D eigenvalue weighted by Crippen LogP contribution is -2.52. The van der Waals surface area contributed by atoms with Gasteiger partial charge in [-0.1, -0.05) is 0 Å². The van der Waals surface area contributed by atoms with Crippen molar-refractivity contribution in [3.63, 3.8) is 0 Å². The van der Waals surface area contributed by atoms with Gasteiger partial charge in [0.2, 0.25) is 5.91 Å². The Balaban J connectivity index is 1.46. The molecule has 0 spiro atoms. The summed E-state index contributed by atoms with van der Waals surface area (Å²) >= 11 is 0. The summed E-state index contributed by atoms with van der Waals surface area (Å²) < 4.78 is 1.78. The molecule has 26 heavy (non-hydrogen) atoms. The molecule has 0 aliphatic carbocycles. The maximum Gasteiger partial charge on any atom is 0.225 e. The number of nitrogens with zero attached hydrogens (tertiary/aromatic N) is 6. The van der Waals surface area contributed by atoms with E-state index in [9.17, 15) is 4.79 Å². The number of hydrogen-bond acceptors (Lipinski definition) is 6. The summed E-state index contributed by atoms with van der Waals surface area (Å²) in [5, 5.41) is 8.72. The predicted octanol–water partition coefficient (Wildman–Crippen LogP) is 0.708. The summed E-state index contributed by atoms with van der Waals surface area (Å²) in [6.45, 7) is 8.11. The van der Waals surface area contributed by atoms with Gasteiger partial charge < -0.3 is 15.1 Å². The zero-order valence-electron chi connectivity index (χ0n) is 15.8. The minimum Gasteiger partial charge on any atom is -0.352 e. The molecule has 1 N–H and O–H groups in total. The zero-order valence-corrected chi connectivity index (χ0v) is 15.8. The van der Waals surface area contributed by atoms with E-state index in [0.717, 1.165) is 68.2 Å². The van der Waals surface area contributed by atoms with Crippen molar-refractivity contribution in [1.29, 1.82) is 0 Å². The second kappa shape index (κ2) is 6.83. The highest BCUT2D eigenvalue weighted by molar-refractivity contribution is 5.87. The molecule has 2 aliphatic heterocycles. The van der Waals surface area contributed by atoms with E-state index in [0.29, 0.717) is 11.9 Å². The number of piperidine rings is 1. The molecule has 0 unspecified atom stereocenters. The van der Waals surface area contributed by atoms with Gasteiger partial charge in [0.25, 0.3) is 0 Å². The van der Waals surface area contributed by atoms with E-state index in [4.69, 9.17) is 0 Å². The van der Waals surface area contributed by atoms with E-state index in [1.807, 2.05) is 25.1 Å². The van der Waals surface area contributed by atoms with Gasteiger partial charge in [0.15, 0.2) is 5.65 Å². The maximum atomic E-state index is 12.9. The molecular weight excluding hydrogens is 330 g/mol. The number of nitrogens with one attached hydrogen (secondary N) is 1. The van der Waals surface area contributed by atoms with Crippen molar-refractivity contribution in [3.05, 3.63) is 12.0 Å². The number of fused-ring (bicyclic) bond motifs is 1. The largest absolute Gasteiger partial charge is 0.352 e. The lowest BCUT2D eigenvalue weighted by molar-refractivity contribution is -0.137. The Morgan fingerprint density at radius 3 is 2.73 bits per heavy atom. The second-order valence-electron chi connectivity index (χ2n) is 7.49. The van der Waals surface area contributed by atoms with Gasteiger partial charge in [0.05, 0.1) is 11.6 Å². The lowest BCUT2D eigenvalue weighted by Gasteiger charge is -2.38. The fourth-order valence-electron chi connectivity index (χ4n) is 4.11. The Morgan fingerprint density at radius 1 is 1.23 bits per heavy atom. The van der Waals surface area contributed by atoms with Crippen molar-refractivity contribution in [2.75, 3.05) is 37.6 Å². The Bertz CT molecular complexity index is 809. The van der Waals surface area contributed by atoms with E-state index in [1.54, 1.807) is 4.68 Å². The van der Waals surface area contributed by atoms with Crippen LogP contribution in [0.4, 0.5) is 5.82 Å². The number of aromatic nitrogens is 4. The van der Waals surface area contributed by atoms with Crippen LogP contribution in [0.25, 0.3) is 11.0 Å². The van der Waals surface area contributed by atoms with Gasteiger partial charge in [-0.3, -0.25) is 9.48 Å². The average molecular weight is 357 g/mol. The summed E-state index contributed by atoms with van der Waals surface area (Å²) in [7, 11) is 1.90. The van der Waals surface area contributed by atoms with Crippen LogP contribution in [0.2, 0.25) is 0 Å². The molecule has 1 amide bonds. The van der Waals surface area contributed by atoms with Gasteiger partial charge in [-0.15, -0.1) is 0 Å². The molecule has 2 fully saturated rings. The van der Waals surface area contributed by atoms with Crippen molar-refractivity contribution in [3.8, 4) is 0 Å². The predicted molar refractivity (Wildman–Crippen MR) is 100 cm³/mol. The minimum atomic E-state index is 0.170. The summed E-state index contributed by atoms with van der Waals surface area (Å²) in [5.41, 5.74) is 0.856. The molecule has 4 rings (SSSR count). The molecule has 2 aromatic heterocycles. The summed E-state index contributed by atoms with van der Waals surface area (Å²) in [6, 6.07) is 0.432. The van der Waals surface area contributed by atoms with Gasteiger partial charge >= 0.3 is 0 Å². The Kier molecular flexibility index (Phi) is 4.52. The summed E-state index contributed by atoms with van der Waals surface area (Å²) in [5.74, 6) is 2.18. The molecule has 2 aromatic rings. The van der Waals surface area contributed by atoms with Crippen LogP contribution >= 0.6 is 0 Å². The van der Waals surface area contributed by atoms with Gasteiger partial charge in [0, 0.05) is 45.2 Å². The maximum absolute atomic E-state index is 12.9. The molecule has 2 saturated heterocycles. The first-order chi connectivity index (χ1) is 12.5. The fourth-order valence-corrected chi connectivity index (χ4v) is 4.11. The normalized spacial score (nSPS) is 24.3. The van der Waals surface area contributed by atoms with Crippen LogP contribution in [0.15, 0.2) is 6.20 Å². The molecule has 140 valence electrons. The molecule has 8 nitrogen and oxygen atoms in total.